The van der Waals surface area contributed by atoms with Crippen LogP contribution in [0.15, 0.2) is 30.6 Å². The summed E-state index contributed by atoms with van der Waals surface area (Å²) in [6.45, 7) is 2.97. The van der Waals surface area contributed by atoms with Crippen LogP contribution < -0.4 is 5.32 Å². The number of rotatable bonds is 4. The number of anilines is 1. The standard InChI is InChI=1S/C13H13N5/c1-2-5-16-13-4-3-12(17-18-13)11-6-10(7-14)8-15-9-11/h3-4,6,8-9H,2,5H2,1H3,(H,16,18). The third-order valence-corrected chi connectivity index (χ3v) is 2.38. The first-order chi connectivity index (χ1) is 8.83. The van der Waals surface area contributed by atoms with Gasteiger partial charge in [-0.25, -0.2) is 0 Å². The Hall–Kier alpha value is -2.48. The van der Waals surface area contributed by atoms with E-state index in [-0.39, 0.29) is 0 Å². The summed E-state index contributed by atoms with van der Waals surface area (Å²) in [4.78, 5) is 4.00. The molecule has 5 heteroatoms. The summed E-state index contributed by atoms with van der Waals surface area (Å²) in [6.07, 6.45) is 4.23. The van der Waals surface area contributed by atoms with Gasteiger partial charge >= 0.3 is 0 Å². The van der Waals surface area contributed by atoms with Crippen LogP contribution in [0.3, 0.4) is 0 Å². The first kappa shape index (κ1) is 12.0. The normalized spacial score (nSPS) is 9.78. The summed E-state index contributed by atoms with van der Waals surface area (Å²) < 4.78 is 0. The molecule has 0 fully saturated rings. The molecule has 0 unspecified atom stereocenters. The van der Waals surface area contributed by atoms with Crippen molar-refractivity contribution in [2.24, 2.45) is 0 Å². The molecule has 0 saturated heterocycles. The molecule has 0 spiro atoms. The van der Waals surface area contributed by atoms with Gasteiger partial charge in [0, 0.05) is 24.5 Å². The van der Waals surface area contributed by atoms with Gasteiger partial charge in [0.15, 0.2) is 0 Å². The first-order valence-electron chi connectivity index (χ1n) is 5.76. The molecular weight excluding hydrogens is 226 g/mol. The van der Waals surface area contributed by atoms with E-state index in [0.29, 0.717) is 11.3 Å². The molecule has 0 saturated carbocycles. The molecule has 0 bridgehead atoms. The van der Waals surface area contributed by atoms with E-state index in [2.05, 4.69) is 33.5 Å². The molecule has 2 rings (SSSR count). The zero-order chi connectivity index (χ0) is 12.8. The molecule has 90 valence electrons. The fourth-order valence-corrected chi connectivity index (χ4v) is 1.47. The molecular formula is C13H13N5. The Kier molecular flexibility index (Phi) is 3.82. The van der Waals surface area contributed by atoms with E-state index in [4.69, 9.17) is 5.26 Å². The smallest absolute Gasteiger partial charge is 0.148 e. The van der Waals surface area contributed by atoms with Crippen molar-refractivity contribution in [3.63, 3.8) is 0 Å². The lowest BCUT2D eigenvalue weighted by atomic mass is 10.1. The number of nitriles is 1. The Morgan fingerprint density at radius 3 is 2.83 bits per heavy atom. The zero-order valence-corrected chi connectivity index (χ0v) is 10.1. The van der Waals surface area contributed by atoms with E-state index >= 15 is 0 Å². The Labute approximate surface area is 106 Å². The Balaban J connectivity index is 2.21. The van der Waals surface area contributed by atoms with E-state index in [1.54, 1.807) is 12.3 Å². The lowest BCUT2D eigenvalue weighted by Gasteiger charge is -2.04. The molecule has 5 nitrogen and oxygen atoms in total. The van der Waals surface area contributed by atoms with Crippen molar-refractivity contribution in [2.75, 3.05) is 11.9 Å². The van der Waals surface area contributed by atoms with Gasteiger partial charge in [0.1, 0.15) is 11.9 Å². The molecule has 2 heterocycles. The maximum Gasteiger partial charge on any atom is 0.148 e. The molecule has 2 aromatic heterocycles. The second-order valence-electron chi connectivity index (χ2n) is 3.80. The van der Waals surface area contributed by atoms with Gasteiger partial charge in [-0.05, 0) is 24.6 Å². The lowest BCUT2D eigenvalue weighted by molar-refractivity contribution is 0.945. The molecule has 0 amide bonds. The van der Waals surface area contributed by atoms with Crippen molar-refractivity contribution >= 4 is 5.82 Å². The van der Waals surface area contributed by atoms with Crippen LogP contribution in [0.2, 0.25) is 0 Å². The molecule has 0 atom stereocenters. The average molecular weight is 239 g/mol. The summed E-state index contributed by atoms with van der Waals surface area (Å²) in [5.74, 6) is 0.755. The summed E-state index contributed by atoms with van der Waals surface area (Å²) in [5.41, 5.74) is 2.02. The van der Waals surface area contributed by atoms with Crippen molar-refractivity contribution in [2.45, 2.75) is 13.3 Å². The minimum atomic E-state index is 0.516. The van der Waals surface area contributed by atoms with Gasteiger partial charge in [0.05, 0.1) is 11.3 Å². The highest BCUT2D eigenvalue weighted by molar-refractivity contribution is 5.60. The number of nitrogens with one attached hydrogen (secondary N) is 1. The van der Waals surface area contributed by atoms with Crippen molar-refractivity contribution in [3.05, 3.63) is 36.2 Å². The predicted molar refractivity (Wildman–Crippen MR) is 68.8 cm³/mol. The van der Waals surface area contributed by atoms with Crippen LogP contribution in [-0.2, 0) is 0 Å². The van der Waals surface area contributed by atoms with Crippen LogP contribution >= 0.6 is 0 Å². The van der Waals surface area contributed by atoms with Gasteiger partial charge in [-0.2, -0.15) is 5.26 Å². The molecule has 0 radical (unpaired) electrons. The minimum absolute atomic E-state index is 0.516. The third kappa shape index (κ3) is 2.80. The number of nitrogens with zero attached hydrogens (tertiary/aromatic N) is 4. The van der Waals surface area contributed by atoms with Crippen LogP contribution in [-0.4, -0.2) is 21.7 Å². The second kappa shape index (κ2) is 5.73. The van der Waals surface area contributed by atoms with E-state index in [1.165, 1.54) is 6.20 Å². The van der Waals surface area contributed by atoms with Crippen molar-refractivity contribution in [1.29, 1.82) is 5.26 Å². The predicted octanol–water partition coefficient (Wildman–Crippen LogP) is 2.23. The Morgan fingerprint density at radius 1 is 1.28 bits per heavy atom. The number of aromatic nitrogens is 3. The van der Waals surface area contributed by atoms with Crippen LogP contribution in [0.25, 0.3) is 11.3 Å². The van der Waals surface area contributed by atoms with Gasteiger partial charge in [-0.1, -0.05) is 6.92 Å². The molecule has 1 N–H and O–H groups in total. The van der Waals surface area contributed by atoms with Gasteiger partial charge in [-0.15, -0.1) is 10.2 Å². The number of hydrogen-bond donors (Lipinski definition) is 1. The summed E-state index contributed by atoms with van der Waals surface area (Å²) in [7, 11) is 0. The van der Waals surface area contributed by atoms with E-state index in [9.17, 15) is 0 Å². The van der Waals surface area contributed by atoms with Crippen molar-refractivity contribution < 1.29 is 0 Å². The van der Waals surface area contributed by atoms with E-state index in [0.717, 1.165) is 24.3 Å². The summed E-state index contributed by atoms with van der Waals surface area (Å²) in [5, 5.41) is 20.2. The largest absolute Gasteiger partial charge is 0.369 e. The highest BCUT2D eigenvalue weighted by Crippen LogP contribution is 2.16. The molecule has 0 aromatic carbocycles. The van der Waals surface area contributed by atoms with Crippen LogP contribution in [0.5, 0.6) is 0 Å². The van der Waals surface area contributed by atoms with Crippen LogP contribution in [0.1, 0.15) is 18.9 Å². The first-order valence-corrected chi connectivity index (χ1v) is 5.76. The lowest BCUT2D eigenvalue weighted by Crippen LogP contribution is -2.02. The van der Waals surface area contributed by atoms with E-state index < -0.39 is 0 Å². The zero-order valence-electron chi connectivity index (χ0n) is 10.1. The quantitative estimate of drug-likeness (QED) is 0.885. The molecule has 0 aliphatic carbocycles. The molecule has 0 aliphatic heterocycles. The molecule has 18 heavy (non-hydrogen) atoms. The Morgan fingerprint density at radius 2 is 2.17 bits per heavy atom. The van der Waals surface area contributed by atoms with Gasteiger partial charge in [0.2, 0.25) is 0 Å². The minimum Gasteiger partial charge on any atom is -0.369 e. The van der Waals surface area contributed by atoms with Gasteiger partial charge in [-0.3, -0.25) is 4.98 Å². The fourth-order valence-electron chi connectivity index (χ4n) is 1.47. The molecule has 0 aliphatic rings. The van der Waals surface area contributed by atoms with Crippen LogP contribution in [0, 0.1) is 11.3 Å². The second-order valence-corrected chi connectivity index (χ2v) is 3.80. The SMILES string of the molecule is CCCNc1ccc(-c2cncc(C#N)c2)nn1. The monoisotopic (exact) mass is 239 g/mol. The summed E-state index contributed by atoms with van der Waals surface area (Å²) in [6, 6.07) is 7.54. The van der Waals surface area contributed by atoms with Gasteiger partial charge < -0.3 is 5.32 Å². The number of pyridine rings is 1. The van der Waals surface area contributed by atoms with E-state index in [1.807, 2.05) is 12.1 Å². The van der Waals surface area contributed by atoms with Crippen molar-refractivity contribution in [3.8, 4) is 17.3 Å². The topological polar surface area (TPSA) is 74.5 Å². The third-order valence-electron chi connectivity index (χ3n) is 2.38. The summed E-state index contributed by atoms with van der Waals surface area (Å²) >= 11 is 0. The highest BCUT2D eigenvalue weighted by Gasteiger charge is 2.02. The maximum atomic E-state index is 8.81. The molecule has 2 aromatic rings. The van der Waals surface area contributed by atoms with Crippen molar-refractivity contribution in [1.82, 2.24) is 15.2 Å². The fraction of sp³-hybridized carbons (Fsp3) is 0.231. The van der Waals surface area contributed by atoms with Crippen LogP contribution in [0.4, 0.5) is 5.82 Å². The highest BCUT2D eigenvalue weighted by atomic mass is 15.2. The Bertz CT molecular complexity index is 556. The number of hydrogen-bond acceptors (Lipinski definition) is 5. The average Bonchev–Trinajstić information content (AvgIpc) is 2.46. The maximum absolute atomic E-state index is 8.81. The van der Waals surface area contributed by atoms with Gasteiger partial charge in [0.25, 0.3) is 0 Å².